The topological polar surface area (TPSA) is 24.9 Å². The normalized spacial score (nSPS) is 12.3. The van der Waals surface area contributed by atoms with Crippen molar-refractivity contribution in [1.29, 1.82) is 0 Å². The Hall–Kier alpha value is -1.38. The van der Waals surface area contributed by atoms with Gasteiger partial charge in [-0.2, -0.15) is 0 Å². The van der Waals surface area contributed by atoms with Crippen LogP contribution in [0.25, 0.3) is 0 Å². The Balaban J connectivity index is 1.93. The van der Waals surface area contributed by atoms with Crippen LogP contribution in [0.5, 0.6) is 0 Å². The molecule has 2 rings (SSSR count). The van der Waals surface area contributed by atoms with Gasteiger partial charge in [-0.05, 0) is 55.1 Å². The van der Waals surface area contributed by atoms with E-state index in [0.717, 1.165) is 30.8 Å². The van der Waals surface area contributed by atoms with Crippen LogP contribution in [0.4, 0.5) is 0 Å². The summed E-state index contributed by atoms with van der Waals surface area (Å²) >= 11 is 6.05. The number of likely N-dealkylation sites (N-methyl/N-ethyl adjacent to an activating group) is 1. The van der Waals surface area contributed by atoms with E-state index in [4.69, 9.17) is 11.6 Å². The molecule has 0 amide bonds. The minimum Gasteiger partial charge on any atom is -0.314 e. The third-order valence-corrected chi connectivity index (χ3v) is 3.60. The number of hydrogen-bond donors (Lipinski definition) is 1. The molecule has 1 atom stereocenters. The zero-order valence-corrected chi connectivity index (χ0v) is 12.6. The van der Waals surface area contributed by atoms with Crippen molar-refractivity contribution >= 4 is 11.6 Å². The largest absolute Gasteiger partial charge is 0.314 e. The highest BCUT2D eigenvalue weighted by molar-refractivity contribution is 6.30. The average molecular weight is 289 g/mol. The summed E-state index contributed by atoms with van der Waals surface area (Å²) in [5.41, 5.74) is 2.58. The SMILES string of the molecule is CCNC(CCc1cccnc1)Cc1cccc(Cl)c1. The van der Waals surface area contributed by atoms with E-state index in [1.165, 1.54) is 11.1 Å². The maximum Gasteiger partial charge on any atom is 0.0408 e. The number of pyridine rings is 1. The molecule has 3 heteroatoms. The van der Waals surface area contributed by atoms with E-state index < -0.39 is 0 Å². The maximum atomic E-state index is 6.05. The number of nitrogens with one attached hydrogen (secondary N) is 1. The number of aryl methyl sites for hydroxylation is 1. The Morgan fingerprint density at radius 3 is 2.75 bits per heavy atom. The summed E-state index contributed by atoms with van der Waals surface area (Å²) in [6, 6.07) is 12.7. The van der Waals surface area contributed by atoms with Crippen LogP contribution >= 0.6 is 11.6 Å². The van der Waals surface area contributed by atoms with E-state index in [9.17, 15) is 0 Å². The molecule has 2 aromatic rings. The van der Waals surface area contributed by atoms with Crippen molar-refractivity contribution in [3.63, 3.8) is 0 Å². The van der Waals surface area contributed by atoms with Crippen molar-refractivity contribution in [3.8, 4) is 0 Å². The quantitative estimate of drug-likeness (QED) is 0.836. The number of benzene rings is 1. The van der Waals surface area contributed by atoms with Crippen LogP contribution in [0.3, 0.4) is 0 Å². The van der Waals surface area contributed by atoms with Crippen LogP contribution in [-0.2, 0) is 12.8 Å². The highest BCUT2D eigenvalue weighted by atomic mass is 35.5. The Morgan fingerprint density at radius 2 is 2.05 bits per heavy atom. The second-order valence-corrected chi connectivity index (χ2v) is 5.43. The van der Waals surface area contributed by atoms with Crippen LogP contribution in [0.1, 0.15) is 24.5 Å². The van der Waals surface area contributed by atoms with Gasteiger partial charge in [-0.15, -0.1) is 0 Å². The Bertz CT molecular complexity index is 513. The van der Waals surface area contributed by atoms with Gasteiger partial charge in [-0.1, -0.05) is 36.7 Å². The second kappa shape index (κ2) is 8.03. The molecule has 1 aromatic heterocycles. The lowest BCUT2D eigenvalue weighted by Gasteiger charge is -2.18. The lowest BCUT2D eigenvalue weighted by molar-refractivity contribution is 0.491. The summed E-state index contributed by atoms with van der Waals surface area (Å²) in [6.45, 7) is 3.13. The monoisotopic (exact) mass is 288 g/mol. The van der Waals surface area contributed by atoms with Gasteiger partial charge in [0.25, 0.3) is 0 Å². The highest BCUT2D eigenvalue weighted by Gasteiger charge is 2.09. The summed E-state index contributed by atoms with van der Waals surface area (Å²) in [6.07, 6.45) is 6.92. The van der Waals surface area contributed by atoms with Crippen molar-refractivity contribution in [2.75, 3.05) is 6.54 Å². The first kappa shape index (κ1) is 15.0. The Kier molecular flexibility index (Phi) is 6.03. The summed E-state index contributed by atoms with van der Waals surface area (Å²) in [7, 11) is 0. The van der Waals surface area contributed by atoms with E-state index in [0.29, 0.717) is 6.04 Å². The summed E-state index contributed by atoms with van der Waals surface area (Å²) in [4.78, 5) is 4.17. The fraction of sp³-hybridized carbons (Fsp3) is 0.353. The minimum atomic E-state index is 0.471. The smallest absolute Gasteiger partial charge is 0.0408 e. The van der Waals surface area contributed by atoms with Gasteiger partial charge < -0.3 is 5.32 Å². The van der Waals surface area contributed by atoms with Gasteiger partial charge in [0.1, 0.15) is 0 Å². The van der Waals surface area contributed by atoms with E-state index >= 15 is 0 Å². The fourth-order valence-electron chi connectivity index (χ4n) is 2.40. The first-order chi connectivity index (χ1) is 9.78. The molecule has 0 saturated carbocycles. The predicted octanol–water partition coefficient (Wildman–Crippen LogP) is 3.89. The van der Waals surface area contributed by atoms with Crippen molar-refractivity contribution < 1.29 is 0 Å². The van der Waals surface area contributed by atoms with E-state index in [2.05, 4.69) is 35.4 Å². The van der Waals surface area contributed by atoms with Crippen molar-refractivity contribution in [2.45, 2.75) is 32.2 Å². The number of rotatable bonds is 7. The molecule has 0 aliphatic rings. The molecule has 1 N–H and O–H groups in total. The molecule has 1 aromatic carbocycles. The van der Waals surface area contributed by atoms with Crippen LogP contribution in [0, 0.1) is 0 Å². The van der Waals surface area contributed by atoms with Gasteiger partial charge in [0.15, 0.2) is 0 Å². The van der Waals surface area contributed by atoms with Crippen LogP contribution in [-0.4, -0.2) is 17.6 Å². The van der Waals surface area contributed by atoms with Crippen LogP contribution < -0.4 is 5.32 Å². The van der Waals surface area contributed by atoms with Gasteiger partial charge in [-0.25, -0.2) is 0 Å². The lowest BCUT2D eigenvalue weighted by Crippen LogP contribution is -2.31. The van der Waals surface area contributed by atoms with E-state index in [-0.39, 0.29) is 0 Å². The summed E-state index contributed by atoms with van der Waals surface area (Å²) in [5.74, 6) is 0. The molecule has 0 spiro atoms. The van der Waals surface area contributed by atoms with Crippen molar-refractivity contribution in [2.24, 2.45) is 0 Å². The summed E-state index contributed by atoms with van der Waals surface area (Å²) < 4.78 is 0. The first-order valence-electron chi connectivity index (χ1n) is 7.14. The molecule has 0 fully saturated rings. The van der Waals surface area contributed by atoms with Gasteiger partial charge in [-0.3, -0.25) is 4.98 Å². The molecule has 20 heavy (non-hydrogen) atoms. The minimum absolute atomic E-state index is 0.471. The zero-order valence-electron chi connectivity index (χ0n) is 11.8. The van der Waals surface area contributed by atoms with Gasteiger partial charge >= 0.3 is 0 Å². The van der Waals surface area contributed by atoms with Crippen LogP contribution in [0.2, 0.25) is 5.02 Å². The molecular weight excluding hydrogens is 268 g/mol. The molecule has 0 aliphatic heterocycles. The van der Waals surface area contributed by atoms with Crippen molar-refractivity contribution in [3.05, 3.63) is 64.9 Å². The number of halogens is 1. The molecule has 0 saturated heterocycles. The number of aromatic nitrogens is 1. The lowest BCUT2D eigenvalue weighted by atomic mass is 9.99. The maximum absolute atomic E-state index is 6.05. The predicted molar refractivity (Wildman–Crippen MR) is 85.2 cm³/mol. The molecule has 1 unspecified atom stereocenters. The van der Waals surface area contributed by atoms with E-state index in [1.807, 2.05) is 30.6 Å². The third-order valence-electron chi connectivity index (χ3n) is 3.37. The molecular formula is C17H21ClN2. The highest BCUT2D eigenvalue weighted by Crippen LogP contribution is 2.14. The second-order valence-electron chi connectivity index (χ2n) is 4.99. The number of hydrogen-bond acceptors (Lipinski definition) is 2. The summed E-state index contributed by atoms with van der Waals surface area (Å²) in [5, 5.41) is 4.37. The van der Waals surface area contributed by atoms with E-state index in [1.54, 1.807) is 0 Å². The third kappa shape index (κ3) is 4.95. The van der Waals surface area contributed by atoms with Gasteiger partial charge in [0.05, 0.1) is 0 Å². The molecule has 0 bridgehead atoms. The Labute approximate surface area is 126 Å². The van der Waals surface area contributed by atoms with Gasteiger partial charge in [0.2, 0.25) is 0 Å². The average Bonchev–Trinajstić information content (AvgIpc) is 2.46. The first-order valence-corrected chi connectivity index (χ1v) is 7.52. The molecule has 106 valence electrons. The molecule has 0 radical (unpaired) electrons. The van der Waals surface area contributed by atoms with Gasteiger partial charge in [0, 0.05) is 23.5 Å². The van der Waals surface area contributed by atoms with Crippen molar-refractivity contribution in [1.82, 2.24) is 10.3 Å². The molecule has 2 nitrogen and oxygen atoms in total. The number of nitrogens with zero attached hydrogens (tertiary/aromatic N) is 1. The Morgan fingerprint density at radius 1 is 1.20 bits per heavy atom. The molecule has 1 heterocycles. The standard InChI is InChI=1S/C17H21ClN2/c1-2-20-17(9-8-14-6-4-10-19-13-14)12-15-5-3-7-16(18)11-15/h3-7,10-11,13,17,20H,2,8-9,12H2,1H3. The fourth-order valence-corrected chi connectivity index (χ4v) is 2.61. The zero-order chi connectivity index (χ0) is 14.2. The van der Waals surface area contributed by atoms with Crippen LogP contribution in [0.15, 0.2) is 48.8 Å². The molecule has 0 aliphatic carbocycles.